The first-order valence-corrected chi connectivity index (χ1v) is 6.88. The van der Waals surface area contributed by atoms with Crippen LogP contribution in [0.5, 0.6) is 0 Å². The van der Waals surface area contributed by atoms with E-state index in [0.29, 0.717) is 18.1 Å². The van der Waals surface area contributed by atoms with Gasteiger partial charge >= 0.3 is 0 Å². The van der Waals surface area contributed by atoms with Crippen molar-refractivity contribution in [1.29, 1.82) is 0 Å². The largest absolute Gasteiger partial charge is 0.399 e. The number of nitrogens with two attached hydrogens (primary N) is 1. The highest BCUT2D eigenvalue weighted by atomic mass is 79.9. The third-order valence-corrected chi connectivity index (χ3v) is 3.34. The van der Waals surface area contributed by atoms with Crippen molar-refractivity contribution in [2.45, 2.75) is 6.54 Å². The van der Waals surface area contributed by atoms with Gasteiger partial charge in [0.25, 0.3) is 0 Å². The smallest absolute Gasteiger partial charge is 0.182 e. The predicted molar refractivity (Wildman–Crippen MR) is 80.9 cm³/mol. The second kappa shape index (κ2) is 5.42. The molecule has 0 aliphatic carbocycles. The van der Waals surface area contributed by atoms with E-state index in [4.69, 9.17) is 5.73 Å². The lowest BCUT2D eigenvalue weighted by molar-refractivity contribution is 0.653. The molecule has 0 aliphatic rings. The van der Waals surface area contributed by atoms with Gasteiger partial charge in [-0.25, -0.2) is 4.68 Å². The predicted octanol–water partition coefficient (Wildman–Crippen LogP) is 2.73. The summed E-state index contributed by atoms with van der Waals surface area (Å²) in [7, 11) is 0. The topological polar surface area (TPSA) is 69.6 Å². The number of rotatable bonds is 3. The van der Waals surface area contributed by atoms with Gasteiger partial charge in [-0.3, -0.25) is 0 Å². The minimum atomic E-state index is 0.621. The van der Waals surface area contributed by atoms with Crippen molar-refractivity contribution >= 4 is 21.6 Å². The number of anilines is 1. The second-order valence-electron chi connectivity index (χ2n) is 4.42. The molecule has 100 valence electrons. The molecule has 3 aromatic rings. The van der Waals surface area contributed by atoms with E-state index in [1.807, 2.05) is 48.5 Å². The highest BCUT2D eigenvalue weighted by Gasteiger charge is 2.10. The molecular formula is C14H12BrN5. The van der Waals surface area contributed by atoms with Gasteiger partial charge in [-0.2, -0.15) is 0 Å². The number of nitrogens with zero attached hydrogens (tertiary/aromatic N) is 4. The molecule has 0 unspecified atom stereocenters. The van der Waals surface area contributed by atoms with E-state index < -0.39 is 0 Å². The first-order chi connectivity index (χ1) is 9.72. The fourth-order valence-electron chi connectivity index (χ4n) is 2.02. The summed E-state index contributed by atoms with van der Waals surface area (Å²) >= 11 is 3.43. The van der Waals surface area contributed by atoms with Crippen LogP contribution >= 0.6 is 15.9 Å². The van der Waals surface area contributed by atoms with Gasteiger partial charge in [0.15, 0.2) is 5.82 Å². The lowest BCUT2D eigenvalue weighted by atomic mass is 10.2. The molecule has 2 aromatic carbocycles. The van der Waals surface area contributed by atoms with Crippen LogP contribution < -0.4 is 5.73 Å². The van der Waals surface area contributed by atoms with Gasteiger partial charge in [0.05, 0.1) is 6.54 Å². The van der Waals surface area contributed by atoms with Crippen LogP contribution in [0.2, 0.25) is 0 Å². The minimum Gasteiger partial charge on any atom is -0.399 e. The molecule has 0 spiro atoms. The Morgan fingerprint density at radius 3 is 2.65 bits per heavy atom. The minimum absolute atomic E-state index is 0.621. The number of nitrogen functional groups attached to an aromatic ring is 1. The molecule has 1 heterocycles. The van der Waals surface area contributed by atoms with E-state index in [1.165, 1.54) is 0 Å². The summed E-state index contributed by atoms with van der Waals surface area (Å²) in [5, 5.41) is 11.9. The van der Waals surface area contributed by atoms with Crippen molar-refractivity contribution in [3.05, 3.63) is 58.6 Å². The van der Waals surface area contributed by atoms with Crippen molar-refractivity contribution in [3.63, 3.8) is 0 Å². The van der Waals surface area contributed by atoms with Crippen LogP contribution in [0.25, 0.3) is 11.4 Å². The lowest BCUT2D eigenvalue weighted by Crippen LogP contribution is -2.04. The van der Waals surface area contributed by atoms with Crippen LogP contribution in [-0.2, 0) is 6.54 Å². The van der Waals surface area contributed by atoms with Crippen molar-refractivity contribution in [3.8, 4) is 11.4 Å². The van der Waals surface area contributed by atoms with Gasteiger partial charge in [0, 0.05) is 15.7 Å². The maximum absolute atomic E-state index is 5.86. The molecule has 0 fully saturated rings. The fraction of sp³-hybridized carbons (Fsp3) is 0.0714. The average molecular weight is 330 g/mol. The van der Waals surface area contributed by atoms with E-state index in [1.54, 1.807) is 4.68 Å². The Hall–Kier alpha value is -2.21. The molecule has 0 bridgehead atoms. The summed E-state index contributed by atoms with van der Waals surface area (Å²) in [6.07, 6.45) is 0. The number of benzene rings is 2. The number of hydrogen-bond acceptors (Lipinski definition) is 4. The summed E-state index contributed by atoms with van der Waals surface area (Å²) in [6.45, 7) is 0.621. The zero-order chi connectivity index (χ0) is 13.9. The monoisotopic (exact) mass is 329 g/mol. The van der Waals surface area contributed by atoms with E-state index in [2.05, 4.69) is 31.5 Å². The molecule has 0 atom stereocenters. The molecule has 0 saturated carbocycles. The van der Waals surface area contributed by atoms with Crippen LogP contribution in [0.15, 0.2) is 53.0 Å². The summed E-state index contributed by atoms with van der Waals surface area (Å²) in [6, 6.07) is 15.7. The molecule has 2 N–H and O–H groups in total. The van der Waals surface area contributed by atoms with E-state index >= 15 is 0 Å². The maximum atomic E-state index is 5.86. The van der Waals surface area contributed by atoms with Crippen LogP contribution in [0, 0.1) is 0 Å². The average Bonchev–Trinajstić information content (AvgIpc) is 2.87. The Bertz CT molecular complexity index is 703. The number of tetrazole rings is 1. The van der Waals surface area contributed by atoms with Gasteiger partial charge in [-0.05, 0) is 34.2 Å². The zero-order valence-corrected chi connectivity index (χ0v) is 12.2. The summed E-state index contributed by atoms with van der Waals surface area (Å²) in [4.78, 5) is 0. The molecular weight excluding hydrogens is 318 g/mol. The molecule has 5 nitrogen and oxygen atoms in total. The molecule has 3 rings (SSSR count). The molecule has 0 aliphatic heterocycles. The maximum Gasteiger partial charge on any atom is 0.182 e. The number of halogens is 1. The lowest BCUT2D eigenvalue weighted by Gasteiger charge is -2.06. The molecule has 1 aromatic heterocycles. The standard InChI is InChI=1S/C14H12BrN5/c15-12-6-11(7-13(16)8-12)14-17-18-19-20(14)9-10-4-2-1-3-5-10/h1-8H,9,16H2. The quantitative estimate of drug-likeness (QED) is 0.750. The first-order valence-electron chi connectivity index (χ1n) is 6.09. The Kier molecular flexibility index (Phi) is 3.47. The van der Waals surface area contributed by atoms with Crippen molar-refractivity contribution in [2.24, 2.45) is 0 Å². The third-order valence-electron chi connectivity index (χ3n) is 2.89. The molecule has 0 amide bonds. The van der Waals surface area contributed by atoms with E-state index in [0.717, 1.165) is 15.6 Å². The van der Waals surface area contributed by atoms with Crippen molar-refractivity contribution in [2.75, 3.05) is 5.73 Å². The third kappa shape index (κ3) is 2.70. The Labute approximate surface area is 124 Å². The highest BCUT2D eigenvalue weighted by Crippen LogP contribution is 2.24. The number of hydrogen-bond donors (Lipinski definition) is 1. The van der Waals surface area contributed by atoms with Crippen LogP contribution in [0.1, 0.15) is 5.56 Å². The van der Waals surface area contributed by atoms with Crippen molar-refractivity contribution < 1.29 is 0 Å². The van der Waals surface area contributed by atoms with E-state index in [9.17, 15) is 0 Å². The SMILES string of the molecule is Nc1cc(Br)cc(-c2nnnn2Cc2ccccc2)c1. The normalized spacial score (nSPS) is 10.7. The molecule has 0 saturated heterocycles. The summed E-state index contributed by atoms with van der Waals surface area (Å²) < 4.78 is 2.66. The van der Waals surface area contributed by atoms with Gasteiger partial charge in [0.1, 0.15) is 0 Å². The summed E-state index contributed by atoms with van der Waals surface area (Å²) in [5.41, 5.74) is 8.56. The Morgan fingerprint density at radius 1 is 1.10 bits per heavy atom. The van der Waals surface area contributed by atoms with E-state index in [-0.39, 0.29) is 0 Å². The van der Waals surface area contributed by atoms with Gasteiger partial charge in [-0.1, -0.05) is 46.3 Å². The van der Waals surface area contributed by atoms with Gasteiger partial charge in [0.2, 0.25) is 0 Å². The number of aromatic nitrogens is 4. The molecule has 6 heteroatoms. The fourth-order valence-corrected chi connectivity index (χ4v) is 2.53. The Morgan fingerprint density at radius 2 is 1.90 bits per heavy atom. The zero-order valence-electron chi connectivity index (χ0n) is 10.6. The van der Waals surface area contributed by atoms with Crippen LogP contribution in [-0.4, -0.2) is 20.2 Å². The first kappa shape index (κ1) is 12.8. The molecule has 0 radical (unpaired) electrons. The van der Waals surface area contributed by atoms with Crippen molar-refractivity contribution in [1.82, 2.24) is 20.2 Å². The highest BCUT2D eigenvalue weighted by molar-refractivity contribution is 9.10. The van der Waals surface area contributed by atoms with Crippen LogP contribution in [0.4, 0.5) is 5.69 Å². The van der Waals surface area contributed by atoms with Crippen LogP contribution in [0.3, 0.4) is 0 Å². The van der Waals surface area contributed by atoms with Gasteiger partial charge in [-0.15, -0.1) is 5.10 Å². The molecule has 20 heavy (non-hydrogen) atoms. The summed E-state index contributed by atoms with van der Waals surface area (Å²) in [5.74, 6) is 0.696. The Balaban J connectivity index is 1.98. The second-order valence-corrected chi connectivity index (χ2v) is 5.33. The van der Waals surface area contributed by atoms with Gasteiger partial charge < -0.3 is 5.73 Å².